The summed E-state index contributed by atoms with van der Waals surface area (Å²) >= 11 is 0. The molecule has 14 nitrogen and oxygen atoms in total. The molecule has 296 valence electrons. The first-order valence-electron chi connectivity index (χ1n) is 19.4. The number of likely N-dealkylation sites (tertiary alicyclic amines) is 2. The molecule has 4 heterocycles. The molecule has 2 fully saturated rings. The Morgan fingerprint density at radius 1 is 0.768 bits per heavy atom. The minimum Gasteiger partial charge on any atom is -0.465 e. The number of nitrogens with zero attached hydrogens (tertiary/aromatic N) is 4. The van der Waals surface area contributed by atoms with Crippen LogP contribution in [0, 0.1) is 11.8 Å². The van der Waals surface area contributed by atoms with Crippen molar-refractivity contribution in [3.05, 3.63) is 85.2 Å². The van der Waals surface area contributed by atoms with Crippen molar-refractivity contribution in [2.24, 2.45) is 11.8 Å². The molecule has 4 atom stereocenters. The molecular formula is C42H52N8O6. The fraction of sp³-hybridized carbons (Fsp3) is 0.429. The van der Waals surface area contributed by atoms with Gasteiger partial charge in [-0.15, -0.1) is 6.58 Å². The molecule has 2 aromatic heterocycles. The minimum atomic E-state index is -1.21. The van der Waals surface area contributed by atoms with Gasteiger partial charge in [0, 0.05) is 13.1 Å². The molecule has 14 heteroatoms. The number of ether oxygens (including phenoxy) is 1. The summed E-state index contributed by atoms with van der Waals surface area (Å²) in [5.41, 5.74) is 5.69. The van der Waals surface area contributed by atoms with Crippen LogP contribution >= 0.6 is 0 Å². The van der Waals surface area contributed by atoms with Gasteiger partial charge in [-0.3, -0.25) is 9.59 Å². The van der Waals surface area contributed by atoms with Crippen molar-refractivity contribution in [3.8, 4) is 33.6 Å². The van der Waals surface area contributed by atoms with Gasteiger partial charge in [-0.2, -0.15) is 0 Å². The highest BCUT2D eigenvalue weighted by molar-refractivity contribution is 5.87. The number of benzene rings is 2. The normalized spacial score (nSPS) is 17.9. The van der Waals surface area contributed by atoms with E-state index in [4.69, 9.17) is 4.74 Å². The van der Waals surface area contributed by atoms with E-state index in [0.717, 1.165) is 59.3 Å². The van der Waals surface area contributed by atoms with E-state index in [-0.39, 0.29) is 42.3 Å². The summed E-state index contributed by atoms with van der Waals surface area (Å²) in [5, 5.41) is 14.4. The maximum Gasteiger partial charge on any atom is 0.407 e. The molecule has 2 saturated heterocycles. The van der Waals surface area contributed by atoms with E-state index in [2.05, 4.69) is 61.4 Å². The lowest BCUT2D eigenvalue weighted by Gasteiger charge is -2.30. The maximum absolute atomic E-state index is 13.7. The van der Waals surface area contributed by atoms with E-state index >= 15 is 0 Å². The Morgan fingerprint density at radius 2 is 1.20 bits per heavy atom. The Kier molecular flexibility index (Phi) is 12.6. The van der Waals surface area contributed by atoms with Crippen LogP contribution in [0.1, 0.15) is 83.5 Å². The van der Waals surface area contributed by atoms with E-state index in [1.807, 2.05) is 56.9 Å². The number of carbonyl (C=O) groups excluding carboxylic acids is 3. The number of aromatic nitrogens is 4. The van der Waals surface area contributed by atoms with Crippen molar-refractivity contribution in [1.82, 2.24) is 40.4 Å². The van der Waals surface area contributed by atoms with Gasteiger partial charge in [-0.05, 0) is 66.2 Å². The second kappa shape index (κ2) is 17.7. The van der Waals surface area contributed by atoms with Crippen LogP contribution in [0.3, 0.4) is 0 Å². The molecule has 2 aliphatic rings. The van der Waals surface area contributed by atoms with Crippen molar-refractivity contribution in [2.75, 3.05) is 19.7 Å². The molecule has 0 spiro atoms. The van der Waals surface area contributed by atoms with Crippen LogP contribution in [0.25, 0.3) is 33.6 Å². The number of amides is 4. The Balaban J connectivity index is 1.09. The molecule has 0 aliphatic carbocycles. The average Bonchev–Trinajstić information content (AvgIpc) is 4.02. The average molecular weight is 765 g/mol. The zero-order chi connectivity index (χ0) is 39.9. The number of aromatic amines is 2. The van der Waals surface area contributed by atoms with Crippen LogP contribution in [0.15, 0.2) is 73.6 Å². The fourth-order valence-corrected chi connectivity index (χ4v) is 7.54. The highest BCUT2D eigenvalue weighted by Crippen LogP contribution is 2.35. The third-order valence-electron chi connectivity index (χ3n) is 10.6. The summed E-state index contributed by atoms with van der Waals surface area (Å²) in [7, 11) is 0. The van der Waals surface area contributed by atoms with E-state index in [1.165, 1.54) is 0 Å². The lowest BCUT2D eigenvalue weighted by atomic mass is 10.0. The largest absolute Gasteiger partial charge is 0.465 e. The fourth-order valence-electron chi connectivity index (χ4n) is 7.54. The summed E-state index contributed by atoms with van der Waals surface area (Å²) in [6, 6.07) is 14.4. The zero-order valence-corrected chi connectivity index (χ0v) is 32.5. The monoisotopic (exact) mass is 764 g/mol. The zero-order valence-electron chi connectivity index (χ0n) is 32.5. The lowest BCUT2D eigenvalue weighted by molar-refractivity contribution is -0.136. The quantitative estimate of drug-likeness (QED) is 0.0666. The van der Waals surface area contributed by atoms with Gasteiger partial charge in [0.05, 0.1) is 42.5 Å². The van der Waals surface area contributed by atoms with Gasteiger partial charge in [0.2, 0.25) is 11.8 Å². The third-order valence-corrected chi connectivity index (χ3v) is 10.6. The topological polar surface area (TPSA) is 186 Å². The van der Waals surface area contributed by atoms with Crippen molar-refractivity contribution < 1.29 is 29.0 Å². The summed E-state index contributed by atoms with van der Waals surface area (Å²) in [6.07, 6.45) is 7.12. The van der Waals surface area contributed by atoms with Crippen molar-refractivity contribution in [2.45, 2.75) is 84.0 Å². The molecule has 0 unspecified atom stereocenters. The number of alkyl carbamates (subject to hydrolysis) is 1. The highest BCUT2D eigenvalue weighted by atomic mass is 16.5. The summed E-state index contributed by atoms with van der Waals surface area (Å²) in [4.78, 5) is 70.5. The van der Waals surface area contributed by atoms with Crippen LogP contribution in [-0.4, -0.2) is 90.6 Å². The number of carboxylic acid groups (broad SMARTS) is 1. The first-order valence-corrected chi connectivity index (χ1v) is 19.4. The third kappa shape index (κ3) is 8.96. The Bertz CT molecular complexity index is 2000. The number of carbonyl (C=O) groups is 4. The van der Waals surface area contributed by atoms with E-state index in [0.29, 0.717) is 31.2 Å². The van der Waals surface area contributed by atoms with E-state index in [1.54, 1.807) is 23.4 Å². The van der Waals surface area contributed by atoms with Crippen LogP contribution in [0.4, 0.5) is 9.59 Å². The summed E-state index contributed by atoms with van der Waals surface area (Å²) in [6.45, 7) is 12.4. The van der Waals surface area contributed by atoms with Crippen LogP contribution < -0.4 is 10.6 Å². The van der Waals surface area contributed by atoms with Gasteiger partial charge < -0.3 is 40.2 Å². The predicted octanol–water partition coefficient (Wildman–Crippen LogP) is 7.08. The number of rotatable bonds is 14. The SMILES string of the molecule is C=CCCOC(=O)N[C@H](C(=O)N1CCC[C@H]1c1ncc(-c2ccc(-c3ccc(-c4cnc([C@@H]5CCCN5C(=O)[C@@H](NC(=O)O)C(C)C)[nH]4)cc3)cc2)[nH]1)C(C)C. The molecule has 6 rings (SSSR count). The molecule has 4 aromatic rings. The number of H-pyrrole nitrogens is 2. The van der Waals surface area contributed by atoms with Crippen LogP contribution in [0.5, 0.6) is 0 Å². The second-order valence-electron chi connectivity index (χ2n) is 15.1. The molecule has 5 N–H and O–H groups in total. The lowest BCUT2D eigenvalue weighted by Crippen LogP contribution is -2.51. The molecule has 2 aliphatic heterocycles. The molecule has 56 heavy (non-hydrogen) atoms. The Morgan fingerprint density at radius 3 is 1.61 bits per heavy atom. The van der Waals surface area contributed by atoms with Crippen LogP contribution in [-0.2, 0) is 14.3 Å². The Hall–Kier alpha value is -5.92. The summed E-state index contributed by atoms with van der Waals surface area (Å²) < 4.78 is 5.21. The maximum atomic E-state index is 13.7. The van der Waals surface area contributed by atoms with Gasteiger partial charge in [0.25, 0.3) is 0 Å². The van der Waals surface area contributed by atoms with Gasteiger partial charge in [0.15, 0.2) is 0 Å². The van der Waals surface area contributed by atoms with Crippen molar-refractivity contribution in [1.29, 1.82) is 0 Å². The van der Waals surface area contributed by atoms with Gasteiger partial charge >= 0.3 is 12.2 Å². The first-order chi connectivity index (χ1) is 26.9. The smallest absolute Gasteiger partial charge is 0.407 e. The molecular weight excluding hydrogens is 713 g/mol. The number of nitrogens with one attached hydrogen (secondary N) is 4. The summed E-state index contributed by atoms with van der Waals surface area (Å²) in [5.74, 6) is 0.703. The number of hydrogen-bond donors (Lipinski definition) is 5. The molecule has 0 bridgehead atoms. The number of hydrogen-bond acceptors (Lipinski definition) is 7. The Labute approximate surface area is 327 Å². The predicted molar refractivity (Wildman–Crippen MR) is 212 cm³/mol. The molecule has 0 saturated carbocycles. The van der Waals surface area contributed by atoms with Gasteiger partial charge in [-0.1, -0.05) is 82.3 Å². The minimum absolute atomic E-state index is 0.127. The first kappa shape index (κ1) is 39.8. The standard InChI is InChI=1S/C42H52N8O6/c1-6-7-22-56-42(55)48-36(26(4)5)40(52)50-21-9-11-34(50)38-44-24-32(46-38)30-18-14-28(15-19-30)27-12-16-29(17-13-27)31-23-43-37(45-31)33-10-8-20-49(33)39(51)35(25(2)3)47-41(53)54/h6,12-19,23-26,33-36,47H,1,7-11,20-22H2,2-5H3,(H,43,45)(H,44,46)(H,48,55)(H,53,54)/t33-,34-,35-,36-/m0/s1. The molecule has 0 radical (unpaired) electrons. The van der Waals surface area contributed by atoms with Crippen LogP contribution in [0.2, 0.25) is 0 Å². The molecule has 2 aromatic carbocycles. The second-order valence-corrected chi connectivity index (χ2v) is 15.1. The van der Waals surface area contributed by atoms with Gasteiger partial charge in [0.1, 0.15) is 23.7 Å². The van der Waals surface area contributed by atoms with E-state index in [9.17, 15) is 24.3 Å². The highest BCUT2D eigenvalue weighted by Gasteiger charge is 2.39. The molecule has 4 amide bonds. The number of imidazole rings is 2. The van der Waals surface area contributed by atoms with Crippen molar-refractivity contribution in [3.63, 3.8) is 0 Å². The van der Waals surface area contributed by atoms with Gasteiger partial charge in [-0.25, -0.2) is 19.6 Å². The van der Waals surface area contributed by atoms with E-state index < -0.39 is 24.3 Å². The van der Waals surface area contributed by atoms with Crippen molar-refractivity contribution >= 4 is 24.0 Å².